The quantitative estimate of drug-likeness (QED) is 0.463. The molecule has 0 bridgehead atoms. The maximum Gasteiger partial charge on any atom is 0.422 e. The Morgan fingerprint density at radius 3 is 2.36 bits per heavy atom. The van der Waals surface area contributed by atoms with Gasteiger partial charge in [0.2, 0.25) is 0 Å². The molecule has 0 N–H and O–H groups in total. The van der Waals surface area contributed by atoms with Gasteiger partial charge in [-0.05, 0) is 34.6 Å². The van der Waals surface area contributed by atoms with Crippen LogP contribution in [0.25, 0.3) is 0 Å². The average Bonchev–Trinajstić information content (AvgIpc) is 2.29. The Hall–Kier alpha value is -0.420. The van der Waals surface area contributed by atoms with Crippen LogP contribution in [0, 0.1) is 0 Å². The van der Waals surface area contributed by atoms with Gasteiger partial charge in [0.05, 0.1) is 12.1 Å². The third kappa shape index (κ3) is 2.78. The molecule has 0 saturated carbocycles. The van der Waals surface area contributed by atoms with Gasteiger partial charge in [0.25, 0.3) is 0 Å². The summed E-state index contributed by atoms with van der Waals surface area (Å²) in [7, 11) is 0. The fraction of sp³-hybridized carbons (Fsp3) is 0.889. The number of nitrogens with zero attached hydrogens (tertiary/aromatic N) is 1. The molecule has 2 unspecified atom stereocenters. The first kappa shape index (κ1) is 11.7. The summed E-state index contributed by atoms with van der Waals surface area (Å²) in [6, 6.07) is 0.0508. The van der Waals surface area contributed by atoms with Crippen molar-refractivity contribution in [2.75, 3.05) is 0 Å². The van der Waals surface area contributed by atoms with E-state index in [0.29, 0.717) is 0 Å². The molecule has 1 amide bonds. The van der Waals surface area contributed by atoms with Crippen LogP contribution in [0.3, 0.4) is 0 Å². The summed E-state index contributed by atoms with van der Waals surface area (Å²) < 4.78 is 12.0. The fourth-order valence-corrected chi connectivity index (χ4v) is 1.75. The molecule has 1 aliphatic heterocycles. The molecule has 0 radical (unpaired) electrons. The number of amides is 1. The Morgan fingerprint density at radius 1 is 1.43 bits per heavy atom. The summed E-state index contributed by atoms with van der Waals surface area (Å²) >= 11 is 1.07. The highest BCUT2D eigenvalue weighted by atomic mass is 32.2. The average molecular weight is 219 g/mol. The van der Waals surface area contributed by atoms with E-state index < -0.39 is 5.60 Å². The van der Waals surface area contributed by atoms with Crippen molar-refractivity contribution in [1.29, 1.82) is 0 Å². The first-order valence-electron chi connectivity index (χ1n) is 4.67. The highest BCUT2D eigenvalue weighted by Gasteiger charge is 2.36. The molecule has 1 heterocycles. The zero-order chi connectivity index (χ0) is 10.9. The first-order chi connectivity index (χ1) is 6.31. The molecule has 14 heavy (non-hydrogen) atoms. The van der Waals surface area contributed by atoms with Crippen molar-refractivity contribution in [2.24, 2.45) is 0 Å². The van der Waals surface area contributed by atoms with Crippen molar-refractivity contribution in [3.8, 4) is 0 Å². The van der Waals surface area contributed by atoms with Crippen molar-refractivity contribution in [3.63, 3.8) is 0 Å². The molecular formula is C9H17NO3S. The molecule has 0 aliphatic carbocycles. The Bertz CT molecular complexity index is 227. The third-order valence-corrected chi connectivity index (χ3v) is 2.93. The summed E-state index contributed by atoms with van der Waals surface area (Å²) in [6.45, 7) is 9.42. The number of hydrogen-bond donors (Lipinski definition) is 0. The number of carbonyl (C=O) groups is 1. The Morgan fingerprint density at radius 2 is 2.00 bits per heavy atom. The highest BCUT2D eigenvalue weighted by molar-refractivity contribution is 7.93. The van der Waals surface area contributed by atoms with E-state index in [-0.39, 0.29) is 18.2 Å². The van der Waals surface area contributed by atoms with E-state index in [1.807, 2.05) is 34.6 Å². The summed E-state index contributed by atoms with van der Waals surface area (Å²) in [5, 5.41) is 0. The standard InChI is InChI=1S/C9H17NO3S/c1-6-7(2)13-14-10(6)8(11)12-9(3,4)5/h6-7H,1-5H3. The zero-order valence-electron chi connectivity index (χ0n) is 9.23. The molecule has 0 aromatic rings. The van der Waals surface area contributed by atoms with Gasteiger partial charge in [-0.3, -0.25) is 4.18 Å². The van der Waals surface area contributed by atoms with Gasteiger partial charge in [-0.15, -0.1) is 0 Å². The lowest BCUT2D eigenvalue weighted by atomic mass is 10.2. The maximum atomic E-state index is 11.6. The topological polar surface area (TPSA) is 38.8 Å². The van der Waals surface area contributed by atoms with Crippen LogP contribution in [-0.4, -0.2) is 28.1 Å². The fourth-order valence-electron chi connectivity index (χ4n) is 0.957. The predicted octanol–water partition coefficient (Wildman–Crippen LogP) is 2.59. The van der Waals surface area contributed by atoms with Crippen LogP contribution in [-0.2, 0) is 8.92 Å². The van der Waals surface area contributed by atoms with Crippen LogP contribution in [0.15, 0.2) is 0 Å². The number of ether oxygens (including phenoxy) is 1. The molecule has 0 aromatic heterocycles. The van der Waals surface area contributed by atoms with Crippen molar-refractivity contribution in [2.45, 2.75) is 52.4 Å². The predicted molar refractivity (Wildman–Crippen MR) is 55.7 cm³/mol. The molecule has 1 rings (SSSR count). The summed E-state index contributed by atoms with van der Waals surface area (Å²) in [4.78, 5) is 11.6. The van der Waals surface area contributed by atoms with Gasteiger partial charge in [-0.25, -0.2) is 9.10 Å². The lowest BCUT2D eigenvalue weighted by Crippen LogP contribution is -2.37. The van der Waals surface area contributed by atoms with E-state index >= 15 is 0 Å². The minimum Gasteiger partial charge on any atom is -0.443 e. The van der Waals surface area contributed by atoms with Crippen LogP contribution >= 0.6 is 12.2 Å². The molecular weight excluding hydrogens is 202 g/mol. The molecule has 1 fully saturated rings. The lowest BCUT2D eigenvalue weighted by molar-refractivity contribution is 0.0359. The van der Waals surface area contributed by atoms with Gasteiger partial charge >= 0.3 is 6.09 Å². The van der Waals surface area contributed by atoms with Crippen LogP contribution in [0.1, 0.15) is 34.6 Å². The molecule has 5 heteroatoms. The van der Waals surface area contributed by atoms with E-state index in [0.717, 1.165) is 12.2 Å². The number of hydrogen-bond acceptors (Lipinski definition) is 4. The van der Waals surface area contributed by atoms with Gasteiger partial charge in [-0.1, -0.05) is 0 Å². The SMILES string of the molecule is CC1OSN(C(=O)OC(C)(C)C)C1C. The second-order valence-corrected chi connectivity index (χ2v) is 5.16. The zero-order valence-corrected chi connectivity index (χ0v) is 10.1. The van der Waals surface area contributed by atoms with E-state index in [4.69, 9.17) is 8.92 Å². The molecule has 82 valence electrons. The molecule has 1 saturated heterocycles. The third-order valence-electron chi connectivity index (χ3n) is 1.90. The highest BCUT2D eigenvalue weighted by Crippen LogP contribution is 2.31. The Labute approximate surface area is 89.3 Å². The second-order valence-electron chi connectivity index (χ2n) is 4.42. The summed E-state index contributed by atoms with van der Waals surface area (Å²) in [5.74, 6) is 0. The molecule has 0 spiro atoms. The minimum atomic E-state index is -0.455. The van der Waals surface area contributed by atoms with Gasteiger partial charge in [0.1, 0.15) is 17.8 Å². The van der Waals surface area contributed by atoms with E-state index in [2.05, 4.69) is 0 Å². The normalized spacial score (nSPS) is 27.9. The van der Waals surface area contributed by atoms with Crippen molar-refractivity contribution < 1.29 is 13.7 Å². The number of carbonyl (C=O) groups excluding carboxylic acids is 1. The van der Waals surface area contributed by atoms with E-state index in [1.54, 1.807) is 0 Å². The van der Waals surface area contributed by atoms with Gasteiger partial charge in [0.15, 0.2) is 0 Å². The van der Waals surface area contributed by atoms with Crippen LogP contribution < -0.4 is 0 Å². The smallest absolute Gasteiger partial charge is 0.422 e. The van der Waals surface area contributed by atoms with Crippen molar-refractivity contribution >= 4 is 18.3 Å². The van der Waals surface area contributed by atoms with Crippen LogP contribution in [0.4, 0.5) is 4.79 Å². The monoisotopic (exact) mass is 219 g/mol. The lowest BCUT2D eigenvalue weighted by Gasteiger charge is -2.24. The van der Waals surface area contributed by atoms with Gasteiger partial charge < -0.3 is 4.74 Å². The Kier molecular flexibility index (Phi) is 3.32. The summed E-state index contributed by atoms with van der Waals surface area (Å²) in [5.41, 5.74) is -0.455. The van der Waals surface area contributed by atoms with Gasteiger partial charge in [0, 0.05) is 0 Å². The van der Waals surface area contributed by atoms with E-state index in [1.165, 1.54) is 4.31 Å². The molecule has 4 nitrogen and oxygen atoms in total. The van der Waals surface area contributed by atoms with Crippen LogP contribution in [0.2, 0.25) is 0 Å². The maximum absolute atomic E-state index is 11.6. The second kappa shape index (κ2) is 3.98. The first-order valence-corrected chi connectivity index (χ1v) is 5.37. The van der Waals surface area contributed by atoms with Crippen molar-refractivity contribution in [3.05, 3.63) is 0 Å². The van der Waals surface area contributed by atoms with E-state index in [9.17, 15) is 4.79 Å². The molecule has 0 aromatic carbocycles. The van der Waals surface area contributed by atoms with Crippen LogP contribution in [0.5, 0.6) is 0 Å². The summed E-state index contributed by atoms with van der Waals surface area (Å²) in [6.07, 6.45) is -0.285. The number of rotatable bonds is 0. The minimum absolute atomic E-state index is 0.0486. The molecule has 2 atom stereocenters. The van der Waals surface area contributed by atoms with Crippen molar-refractivity contribution in [1.82, 2.24) is 4.31 Å². The Balaban J connectivity index is 2.54. The van der Waals surface area contributed by atoms with Gasteiger partial charge in [-0.2, -0.15) is 0 Å². The molecule has 1 aliphatic rings. The largest absolute Gasteiger partial charge is 0.443 e.